The fourth-order valence-electron chi connectivity index (χ4n) is 1.12. The molecule has 1 N–H and O–H groups in total. The summed E-state index contributed by atoms with van der Waals surface area (Å²) >= 11 is 0. The lowest BCUT2D eigenvalue weighted by molar-refractivity contribution is 0.499. The van der Waals surface area contributed by atoms with Gasteiger partial charge in [0.25, 0.3) is 0 Å². The van der Waals surface area contributed by atoms with Gasteiger partial charge in [0.1, 0.15) is 0 Å². The summed E-state index contributed by atoms with van der Waals surface area (Å²) in [6.07, 6.45) is 0.347. The van der Waals surface area contributed by atoms with Gasteiger partial charge in [-0.15, -0.1) is 0 Å². The quantitative estimate of drug-likeness (QED) is 0.731. The van der Waals surface area contributed by atoms with Crippen LogP contribution in [0.5, 0.6) is 0 Å². The van der Waals surface area contributed by atoms with Gasteiger partial charge >= 0.3 is 8.03 Å². The van der Waals surface area contributed by atoms with Crippen molar-refractivity contribution < 1.29 is 9.46 Å². The minimum atomic E-state index is -2.01. The Bertz CT molecular complexity index is 258. The third-order valence-electron chi connectivity index (χ3n) is 1.80. The van der Waals surface area contributed by atoms with Gasteiger partial charge in [-0.3, -0.25) is 0 Å². The van der Waals surface area contributed by atoms with Gasteiger partial charge in [0, 0.05) is 5.92 Å². The van der Waals surface area contributed by atoms with Crippen molar-refractivity contribution in [2.24, 2.45) is 0 Å². The highest BCUT2D eigenvalue weighted by molar-refractivity contribution is 7.38. The number of hydrogen-bond acceptors (Lipinski definition) is 1. The maximum Gasteiger partial charge on any atom is 0.506 e. The molecule has 0 aliphatic carbocycles. The predicted molar refractivity (Wildman–Crippen MR) is 49.5 cm³/mol. The van der Waals surface area contributed by atoms with E-state index in [9.17, 15) is 4.57 Å². The van der Waals surface area contributed by atoms with Crippen LogP contribution < -0.4 is 0 Å². The van der Waals surface area contributed by atoms with Crippen LogP contribution in [0.1, 0.15) is 18.4 Å². The van der Waals surface area contributed by atoms with Crippen molar-refractivity contribution in [3.05, 3.63) is 35.9 Å². The average molecular weight is 183 g/mol. The van der Waals surface area contributed by atoms with Gasteiger partial charge in [-0.25, -0.2) is 0 Å². The lowest BCUT2D eigenvalue weighted by atomic mass is 10.0. The summed E-state index contributed by atoms with van der Waals surface area (Å²) in [6, 6.07) is 9.77. The van der Waals surface area contributed by atoms with E-state index in [1.54, 1.807) is 0 Å². The molecule has 0 spiro atoms. The zero-order chi connectivity index (χ0) is 8.97. The van der Waals surface area contributed by atoms with E-state index in [1.165, 1.54) is 0 Å². The van der Waals surface area contributed by atoms with Crippen molar-refractivity contribution in [2.75, 3.05) is 6.16 Å². The summed E-state index contributed by atoms with van der Waals surface area (Å²) in [4.78, 5) is 8.69. The van der Waals surface area contributed by atoms with Crippen molar-refractivity contribution in [1.29, 1.82) is 0 Å². The predicted octanol–water partition coefficient (Wildman–Crippen LogP) is 2.52. The molecule has 2 unspecified atom stereocenters. The van der Waals surface area contributed by atoms with E-state index in [0.717, 1.165) is 5.56 Å². The van der Waals surface area contributed by atoms with E-state index in [-0.39, 0.29) is 5.92 Å². The molecule has 0 radical (unpaired) electrons. The Labute approximate surface area is 73.1 Å². The van der Waals surface area contributed by atoms with Gasteiger partial charge in [-0.1, -0.05) is 37.3 Å². The number of benzene rings is 1. The Kier molecular flexibility index (Phi) is 3.39. The molecule has 1 aromatic rings. The topological polar surface area (TPSA) is 37.3 Å². The second-order valence-electron chi connectivity index (χ2n) is 2.85. The van der Waals surface area contributed by atoms with Crippen molar-refractivity contribution in [2.45, 2.75) is 12.8 Å². The van der Waals surface area contributed by atoms with Gasteiger partial charge < -0.3 is 0 Å². The first-order valence-corrected chi connectivity index (χ1v) is 5.28. The number of hydrogen-bond donors (Lipinski definition) is 1. The van der Waals surface area contributed by atoms with Crippen LogP contribution in [-0.2, 0) is 4.57 Å². The van der Waals surface area contributed by atoms with Crippen molar-refractivity contribution in [1.82, 2.24) is 0 Å². The van der Waals surface area contributed by atoms with E-state index in [1.807, 2.05) is 37.3 Å². The fraction of sp³-hybridized carbons (Fsp3) is 0.333. The third kappa shape index (κ3) is 2.72. The van der Waals surface area contributed by atoms with E-state index >= 15 is 0 Å². The van der Waals surface area contributed by atoms with Crippen molar-refractivity contribution >= 4 is 8.03 Å². The lowest BCUT2D eigenvalue weighted by Crippen LogP contribution is -1.95. The van der Waals surface area contributed by atoms with Crippen LogP contribution in [-0.4, -0.2) is 11.1 Å². The lowest BCUT2D eigenvalue weighted by Gasteiger charge is -2.03. The van der Waals surface area contributed by atoms with Crippen LogP contribution in [0.15, 0.2) is 30.3 Å². The Balaban J connectivity index is 2.65. The smallest absolute Gasteiger partial charge is 0.161 e. The second-order valence-corrected chi connectivity index (χ2v) is 3.92. The molecule has 2 nitrogen and oxygen atoms in total. The zero-order valence-electron chi connectivity index (χ0n) is 6.97. The average Bonchev–Trinajstić information content (AvgIpc) is 2.05. The molecule has 3 heteroatoms. The molecule has 0 saturated carbocycles. The van der Waals surface area contributed by atoms with Crippen LogP contribution in [0.4, 0.5) is 0 Å². The molecule has 0 amide bonds. The normalized spacial score (nSPS) is 14.0. The van der Waals surface area contributed by atoms with Gasteiger partial charge in [0.05, 0.1) is 0 Å². The maximum atomic E-state index is 10.5. The largest absolute Gasteiger partial charge is 0.506 e. The molecule has 0 saturated heterocycles. The Morgan fingerprint density at radius 2 is 2.00 bits per heavy atom. The highest BCUT2D eigenvalue weighted by Crippen LogP contribution is 2.25. The maximum absolute atomic E-state index is 10.5. The molecular formula is C9H12O2P+. The second kappa shape index (κ2) is 4.34. The Hall–Kier alpha value is -0.720. The van der Waals surface area contributed by atoms with E-state index in [4.69, 9.17) is 4.89 Å². The molecule has 0 aliphatic heterocycles. The minimum absolute atomic E-state index is 0.166. The summed E-state index contributed by atoms with van der Waals surface area (Å²) in [5, 5.41) is 0. The van der Waals surface area contributed by atoms with Gasteiger partial charge in [-0.2, -0.15) is 4.89 Å². The zero-order valence-corrected chi connectivity index (χ0v) is 7.87. The molecule has 0 aliphatic rings. The van der Waals surface area contributed by atoms with Crippen LogP contribution in [0.2, 0.25) is 0 Å². The fourth-order valence-corrected chi connectivity index (χ4v) is 1.80. The molecule has 0 fully saturated rings. The van der Waals surface area contributed by atoms with Crippen LogP contribution in [0, 0.1) is 0 Å². The van der Waals surface area contributed by atoms with Crippen LogP contribution >= 0.6 is 8.03 Å². The molecule has 2 atom stereocenters. The molecule has 64 valence electrons. The van der Waals surface area contributed by atoms with E-state index in [2.05, 4.69) is 0 Å². The molecule has 0 bridgehead atoms. The van der Waals surface area contributed by atoms with E-state index < -0.39 is 8.03 Å². The van der Waals surface area contributed by atoms with Gasteiger partial charge in [-0.05, 0) is 10.1 Å². The van der Waals surface area contributed by atoms with Gasteiger partial charge in [0.2, 0.25) is 0 Å². The van der Waals surface area contributed by atoms with Crippen molar-refractivity contribution in [3.63, 3.8) is 0 Å². The monoisotopic (exact) mass is 183 g/mol. The van der Waals surface area contributed by atoms with Crippen molar-refractivity contribution in [3.8, 4) is 0 Å². The molecule has 1 rings (SSSR count). The first kappa shape index (κ1) is 9.37. The standard InChI is InChI=1S/C9H11O2P/c1-8(7-12(10)11)9-5-3-2-4-6-9/h2-6,8H,7H2,1H3/p+1. The third-order valence-corrected chi connectivity index (χ3v) is 2.66. The molecule has 1 aromatic carbocycles. The number of rotatable bonds is 3. The summed E-state index contributed by atoms with van der Waals surface area (Å²) in [7, 11) is -2.01. The van der Waals surface area contributed by atoms with Gasteiger partial charge in [0.15, 0.2) is 6.16 Å². The Morgan fingerprint density at radius 3 is 2.50 bits per heavy atom. The summed E-state index contributed by atoms with van der Waals surface area (Å²) in [5.74, 6) is 0.166. The molecular weight excluding hydrogens is 171 g/mol. The summed E-state index contributed by atoms with van der Waals surface area (Å²) < 4.78 is 10.5. The highest BCUT2D eigenvalue weighted by Gasteiger charge is 2.17. The minimum Gasteiger partial charge on any atom is -0.161 e. The first-order chi connectivity index (χ1) is 5.70. The summed E-state index contributed by atoms with van der Waals surface area (Å²) in [5.41, 5.74) is 1.12. The van der Waals surface area contributed by atoms with Crippen LogP contribution in [0.3, 0.4) is 0 Å². The highest BCUT2D eigenvalue weighted by atomic mass is 31.1. The molecule has 0 heterocycles. The Morgan fingerprint density at radius 1 is 1.42 bits per heavy atom. The molecule has 12 heavy (non-hydrogen) atoms. The SMILES string of the molecule is CC(C[P+](=O)O)c1ccccc1. The van der Waals surface area contributed by atoms with Crippen LogP contribution in [0.25, 0.3) is 0 Å². The van der Waals surface area contributed by atoms with E-state index in [0.29, 0.717) is 6.16 Å². The summed E-state index contributed by atoms with van der Waals surface area (Å²) in [6.45, 7) is 1.96. The molecule has 0 aromatic heterocycles. The first-order valence-electron chi connectivity index (χ1n) is 3.88.